The SMILES string of the molecule is c1ccc(N(c2ccc(C3CCCCC3)cc2)c2ccc3cc(-c4ccc5ccccc5c4)ccc3c2)cc1.c1ccc(N(c2ccc(C3CCCCC3)cc2)c2ccc3ccc(-c4ccc5ccccc5c4)cc3c2)cc1.c1ccc2cc(-c3ccc4cc(N(c5ccc(C6CCCCC6)cc5)c5ccc(C6CCCCC6)cc5)ccc4c3)ccc2c1. The molecule has 0 unspecified atom stereocenters. The molecular weight excluding hydrogens is 1480 g/mol. The van der Waals surface area contributed by atoms with Crippen molar-refractivity contribution in [2.45, 2.75) is 152 Å². The van der Waals surface area contributed by atoms with Crippen molar-refractivity contribution < 1.29 is 0 Å². The maximum Gasteiger partial charge on any atom is 0.0468 e. The second-order valence-electron chi connectivity index (χ2n) is 35.3. The van der Waals surface area contributed by atoms with Gasteiger partial charge in [-0.2, -0.15) is 0 Å². The fourth-order valence-corrected chi connectivity index (χ4v) is 20.6. The Hall–Kier alpha value is -13.1. The zero-order valence-corrected chi connectivity index (χ0v) is 70.8. The van der Waals surface area contributed by atoms with Gasteiger partial charge in [-0.3, -0.25) is 0 Å². The van der Waals surface area contributed by atoms with E-state index >= 15 is 0 Å². The Morgan fingerprint density at radius 2 is 0.309 bits per heavy atom. The highest BCUT2D eigenvalue weighted by Gasteiger charge is 2.24. The van der Waals surface area contributed by atoms with E-state index in [-0.39, 0.29) is 0 Å². The van der Waals surface area contributed by atoms with Crippen molar-refractivity contribution in [1.29, 1.82) is 0 Å². The Bertz CT molecular complexity index is 6580. The average molecular weight is 1590 g/mol. The van der Waals surface area contributed by atoms with Crippen LogP contribution in [-0.2, 0) is 0 Å². The molecule has 0 radical (unpaired) electrons. The third kappa shape index (κ3) is 17.7. The lowest BCUT2D eigenvalue weighted by Gasteiger charge is -2.28. The largest absolute Gasteiger partial charge is 0.310 e. The van der Waals surface area contributed by atoms with E-state index in [1.165, 1.54) is 300 Å². The summed E-state index contributed by atoms with van der Waals surface area (Å²) in [6.45, 7) is 0. The molecule has 123 heavy (non-hydrogen) atoms. The summed E-state index contributed by atoms with van der Waals surface area (Å²) in [6.07, 6.45) is 27.1. The number of fused-ring (bicyclic) bond motifs is 6. The third-order valence-corrected chi connectivity index (χ3v) is 27.4. The van der Waals surface area contributed by atoms with Crippen molar-refractivity contribution in [2.24, 2.45) is 0 Å². The summed E-state index contributed by atoms with van der Waals surface area (Å²) >= 11 is 0. The van der Waals surface area contributed by atoms with Crippen LogP contribution >= 0.6 is 0 Å². The minimum atomic E-state index is 0.715. The van der Waals surface area contributed by atoms with Crippen molar-refractivity contribution in [2.75, 3.05) is 14.7 Å². The Morgan fingerprint density at radius 1 is 0.130 bits per heavy atom. The molecule has 0 N–H and O–H groups in total. The van der Waals surface area contributed by atoms with Crippen molar-refractivity contribution in [1.82, 2.24) is 0 Å². The van der Waals surface area contributed by atoms with Crippen LogP contribution in [0.2, 0.25) is 0 Å². The van der Waals surface area contributed by atoms with E-state index in [1.807, 2.05) is 0 Å². The zero-order valence-electron chi connectivity index (χ0n) is 70.8. The monoisotopic (exact) mass is 1590 g/mol. The second kappa shape index (κ2) is 36.7. The number of nitrogens with zero attached hydrogens (tertiary/aromatic N) is 3. The van der Waals surface area contributed by atoms with Gasteiger partial charge in [0.2, 0.25) is 0 Å². The van der Waals surface area contributed by atoms with Crippen LogP contribution in [0.4, 0.5) is 51.2 Å². The Labute approximate surface area is 727 Å². The van der Waals surface area contributed by atoms with Crippen LogP contribution in [0.5, 0.6) is 0 Å². The molecule has 4 saturated carbocycles. The van der Waals surface area contributed by atoms with E-state index in [9.17, 15) is 0 Å². The van der Waals surface area contributed by atoms with Crippen LogP contribution in [0, 0.1) is 0 Å². The van der Waals surface area contributed by atoms with Gasteiger partial charge >= 0.3 is 0 Å². The Morgan fingerprint density at radius 3 is 0.585 bits per heavy atom. The fraction of sp³-hybridized carbons (Fsp3) is 0.200. The van der Waals surface area contributed by atoms with Crippen molar-refractivity contribution in [3.05, 3.63) is 417 Å². The first kappa shape index (κ1) is 78.5. The summed E-state index contributed by atoms with van der Waals surface area (Å²) in [5, 5.41) is 15.2. The van der Waals surface area contributed by atoms with Gasteiger partial charge < -0.3 is 14.7 Å². The van der Waals surface area contributed by atoms with Crippen molar-refractivity contribution in [3.63, 3.8) is 0 Å². The first-order valence-corrected chi connectivity index (χ1v) is 45.9. The standard InChI is InChI=1S/C44H43N.2C38H33N/c1-3-9-32(10-4-1)35-19-24-42(25-20-35)45(43-26-21-36(22-27-43)33-11-5-2-6-12-33)44-28-23-40-30-39(17-18-41(40)31-44)38-16-15-34-13-7-8-14-37(34)29-38;1-3-9-28(10-4-1)30-19-22-37(23-20-30)39(36-13-5-2-6-14-36)38-24-21-31-16-18-34(26-35(31)27-38)33-17-15-29-11-7-8-12-32(29)25-33;1-3-9-28(10-4-1)30-19-22-37(23-20-30)39(36-13-5-2-6-14-36)38-24-21-34-26-33(17-18-35(34)27-38)32-16-15-29-11-7-8-12-31(29)25-32/h7-8,13-33H,1-6,9-12H2;2*2,5-8,11-28H,1,3-4,9-10H2. The predicted octanol–water partition coefficient (Wildman–Crippen LogP) is 35.6. The molecule has 18 aromatic rings. The summed E-state index contributed by atoms with van der Waals surface area (Å²) in [7, 11) is 0. The van der Waals surface area contributed by atoms with Crippen molar-refractivity contribution >= 4 is 116 Å². The minimum Gasteiger partial charge on any atom is -0.310 e. The molecule has 0 heterocycles. The zero-order chi connectivity index (χ0) is 82.0. The van der Waals surface area contributed by atoms with E-state index < -0.39 is 0 Å². The molecule has 0 spiro atoms. The summed E-state index contributed by atoms with van der Waals surface area (Å²) in [6, 6.07) is 146. The summed E-state index contributed by atoms with van der Waals surface area (Å²) in [5.41, 5.74) is 24.3. The smallest absolute Gasteiger partial charge is 0.0468 e. The molecule has 0 aromatic heterocycles. The topological polar surface area (TPSA) is 9.72 Å². The number of anilines is 9. The van der Waals surface area contributed by atoms with Crippen LogP contribution in [0.3, 0.4) is 0 Å². The van der Waals surface area contributed by atoms with Gasteiger partial charge in [-0.05, 0) is 341 Å². The Balaban J connectivity index is 0.000000118. The quantitative estimate of drug-likeness (QED) is 0.0955. The normalized spacial score (nSPS) is 14.9. The first-order chi connectivity index (χ1) is 60.9. The van der Waals surface area contributed by atoms with Gasteiger partial charge in [0.25, 0.3) is 0 Å². The summed E-state index contributed by atoms with van der Waals surface area (Å²) < 4.78 is 0. The molecule has 0 amide bonds. The molecule has 0 saturated heterocycles. The number of hydrogen-bond donors (Lipinski definition) is 0. The average Bonchev–Trinajstić information content (AvgIpc) is 0.785. The van der Waals surface area contributed by atoms with E-state index in [4.69, 9.17) is 0 Å². The number of benzene rings is 18. The van der Waals surface area contributed by atoms with Crippen LogP contribution in [0.15, 0.2) is 394 Å². The summed E-state index contributed by atoms with van der Waals surface area (Å²) in [5.74, 6) is 2.87. The Kier molecular flexibility index (Phi) is 23.4. The van der Waals surface area contributed by atoms with Crippen LogP contribution in [-0.4, -0.2) is 0 Å². The molecule has 0 atom stereocenters. The molecule has 4 aliphatic rings. The molecule has 3 heteroatoms. The highest BCUT2D eigenvalue weighted by atomic mass is 15.2. The maximum atomic E-state index is 2.45. The minimum absolute atomic E-state index is 0.715. The van der Waals surface area contributed by atoms with E-state index in [2.05, 4.69) is 409 Å². The van der Waals surface area contributed by atoms with Gasteiger partial charge in [0, 0.05) is 51.2 Å². The molecule has 4 fully saturated rings. The van der Waals surface area contributed by atoms with Gasteiger partial charge in [0.1, 0.15) is 0 Å². The predicted molar refractivity (Wildman–Crippen MR) is 528 cm³/mol. The van der Waals surface area contributed by atoms with Gasteiger partial charge in [-0.15, -0.1) is 0 Å². The molecule has 0 bridgehead atoms. The third-order valence-electron chi connectivity index (χ3n) is 27.4. The lowest BCUT2D eigenvalue weighted by molar-refractivity contribution is 0.443. The van der Waals surface area contributed by atoms with Gasteiger partial charge in [0.15, 0.2) is 0 Å². The highest BCUT2D eigenvalue weighted by molar-refractivity contribution is 5.98. The van der Waals surface area contributed by atoms with E-state index in [0.717, 1.165) is 5.92 Å². The lowest BCUT2D eigenvalue weighted by atomic mass is 9.84. The van der Waals surface area contributed by atoms with Crippen LogP contribution in [0.25, 0.3) is 98.0 Å². The molecule has 22 rings (SSSR count). The lowest BCUT2D eigenvalue weighted by Crippen LogP contribution is -2.11. The second-order valence-corrected chi connectivity index (χ2v) is 35.3. The molecular formula is C120H109N3. The fourth-order valence-electron chi connectivity index (χ4n) is 20.6. The molecule has 18 aromatic carbocycles. The molecule has 3 nitrogen and oxygen atoms in total. The van der Waals surface area contributed by atoms with Gasteiger partial charge in [-0.25, -0.2) is 0 Å². The molecule has 0 aliphatic heterocycles. The van der Waals surface area contributed by atoms with Crippen LogP contribution < -0.4 is 14.7 Å². The van der Waals surface area contributed by atoms with Crippen LogP contribution in [0.1, 0.15) is 174 Å². The molecule has 4 aliphatic carbocycles. The first-order valence-electron chi connectivity index (χ1n) is 45.9. The van der Waals surface area contributed by atoms with Crippen molar-refractivity contribution in [3.8, 4) is 33.4 Å². The maximum absolute atomic E-state index is 2.45. The highest BCUT2D eigenvalue weighted by Crippen LogP contribution is 2.46. The summed E-state index contributed by atoms with van der Waals surface area (Å²) in [4.78, 5) is 7.21. The number of para-hydroxylation sites is 2. The van der Waals surface area contributed by atoms with Gasteiger partial charge in [0.05, 0.1) is 0 Å². The van der Waals surface area contributed by atoms with E-state index in [0.29, 0.717) is 17.8 Å². The van der Waals surface area contributed by atoms with Gasteiger partial charge in [-0.1, -0.05) is 326 Å². The number of rotatable bonds is 16. The number of hydrogen-bond acceptors (Lipinski definition) is 3. The van der Waals surface area contributed by atoms with E-state index in [1.54, 1.807) is 0 Å². The molecule has 604 valence electrons.